The van der Waals surface area contributed by atoms with E-state index >= 15 is 0 Å². The normalized spacial score (nSPS) is 17.4. The van der Waals surface area contributed by atoms with Crippen molar-refractivity contribution in [2.45, 2.75) is 45.0 Å². The Morgan fingerprint density at radius 3 is 2.27 bits per heavy atom. The van der Waals surface area contributed by atoms with Crippen LogP contribution >= 0.6 is 0 Å². The first-order valence-corrected chi connectivity index (χ1v) is 5.44. The third-order valence-electron chi connectivity index (χ3n) is 2.62. The van der Waals surface area contributed by atoms with E-state index in [4.69, 9.17) is 14.2 Å². The predicted octanol–water partition coefficient (Wildman–Crippen LogP) is 1.56. The summed E-state index contributed by atoms with van der Waals surface area (Å²) in [6.07, 6.45) is 1.75. The zero-order valence-corrected chi connectivity index (χ0v) is 10.3. The first-order chi connectivity index (χ1) is 7.10. The molecule has 4 heteroatoms. The number of unbranched alkanes of at least 4 members (excludes halogenated alkanes) is 1. The van der Waals surface area contributed by atoms with Crippen molar-refractivity contribution < 1.29 is 19.3 Å². The Bertz CT molecular complexity index is 152. The number of rotatable bonds is 9. The van der Waals surface area contributed by atoms with Crippen LogP contribution in [0.25, 0.3) is 0 Å². The van der Waals surface area contributed by atoms with Crippen LogP contribution in [0.2, 0.25) is 0 Å². The highest BCUT2D eigenvalue weighted by molar-refractivity contribution is 4.76. The summed E-state index contributed by atoms with van der Waals surface area (Å²) in [5.41, 5.74) is -0.609. The number of hydrogen-bond acceptors (Lipinski definition) is 4. The number of aliphatic hydroxyl groups is 1. The fourth-order valence-corrected chi connectivity index (χ4v) is 1.25. The summed E-state index contributed by atoms with van der Waals surface area (Å²) in [6.45, 7) is 5.20. The van der Waals surface area contributed by atoms with Gasteiger partial charge in [0.05, 0.1) is 0 Å². The SMILES string of the molecule is CCC(C)(OCCCCOC)C(O)OC. The zero-order chi connectivity index (χ0) is 11.7. The lowest BCUT2D eigenvalue weighted by Crippen LogP contribution is -2.43. The van der Waals surface area contributed by atoms with Crippen molar-refractivity contribution in [3.63, 3.8) is 0 Å². The molecule has 0 heterocycles. The highest BCUT2D eigenvalue weighted by Gasteiger charge is 2.32. The Balaban J connectivity index is 3.78. The minimum Gasteiger partial charge on any atom is -0.385 e. The molecule has 0 saturated heterocycles. The van der Waals surface area contributed by atoms with Crippen LogP contribution in [-0.4, -0.2) is 44.4 Å². The standard InChI is InChI=1S/C11H24O4/c1-5-11(2,10(12)14-4)15-9-7-6-8-13-3/h10,12H,5-9H2,1-4H3. The number of ether oxygens (including phenoxy) is 3. The van der Waals surface area contributed by atoms with Gasteiger partial charge in [-0.1, -0.05) is 6.92 Å². The minimum atomic E-state index is -0.870. The number of hydrogen-bond donors (Lipinski definition) is 1. The molecule has 0 radical (unpaired) electrons. The van der Waals surface area contributed by atoms with Crippen LogP contribution in [0.15, 0.2) is 0 Å². The van der Waals surface area contributed by atoms with E-state index in [-0.39, 0.29) is 0 Å². The van der Waals surface area contributed by atoms with Crippen molar-refractivity contribution >= 4 is 0 Å². The predicted molar refractivity (Wildman–Crippen MR) is 58.8 cm³/mol. The van der Waals surface area contributed by atoms with Gasteiger partial charge in [0.15, 0.2) is 6.29 Å². The van der Waals surface area contributed by atoms with E-state index in [0.29, 0.717) is 13.0 Å². The monoisotopic (exact) mass is 220 g/mol. The van der Waals surface area contributed by atoms with Crippen LogP contribution in [0.4, 0.5) is 0 Å². The van der Waals surface area contributed by atoms with Gasteiger partial charge in [0.25, 0.3) is 0 Å². The molecule has 2 unspecified atom stereocenters. The van der Waals surface area contributed by atoms with Crippen molar-refractivity contribution in [2.75, 3.05) is 27.4 Å². The van der Waals surface area contributed by atoms with Crippen molar-refractivity contribution in [1.82, 2.24) is 0 Å². The van der Waals surface area contributed by atoms with Gasteiger partial charge in [0.2, 0.25) is 0 Å². The molecule has 0 aromatic heterocycles. The molecule has 0 amide bonds. The number of aliphatic hydroxyl groups excluding tert-OH is 1. The summed E-state index contributed by atoms with van der Waals surface area (Å²) in [4.78, 5) is 0. The molecule has 0 aliphatic carbocycles. The lowest BCUT2D eigenvalue weighted by atomic mass is 10.0. The van der Waals surface area contributed by atoms with Crippen LogP contribution in [0, 0.1) is 0 Å². The van der Waals surface area contributed by atoms with Crippen molar-refractivity contribution in [3.05, 3.63) is 0 Å². The summed E-state index contributed by atoms with van der Waals surface area (Å²) in [7, 11) is 3.17. The third kappa shape index (κ3) is 5.47. The molecule has 0 fully saturated rings. The van der Waals surface area contributed by atoms with Crippen molar-refractivity contribution in [3.8, 4) is 0 Å². The molecule has 0 aromatic carbocycles. The van der Waals surface area contributed by atoms with E-state index in [1.807, 2.05) is 13.8 Å². The average Bonchev–Trinajstić information content (AvgIpc) is 2.27. The highest BCUT2D eigenvalue weighted by Crippen LogP contribution is 2.21. The summed E-state index contributed by atoms with van der Waals surface area (Å²) in [5.74, 6) is 0. The fraction of sp³-hybridized carbons (Fsp3) is 1.00. The second kappa shape index (κ2) is 8.05. The van der Waals surface area contributed by atoms with Crippen LogP contribution in [0.1, 0.15) is 33.1 Å². The average molecular weight is 220 g/mol. The first kappa shape index (κ1) is 14.8. The minimum absolute atomic E-state index is 0.609. The molecule has 0 bridgehead atoms. The molecule has 0 saturated carbocycles. The summed E-state index contributed by atoms with van der Waals surface area (Å²) < 4.78 is 15.5. The van der Waals surface area contributed by atoms with Crippen LogP contribution in [0.3, 0.4) is 0 Å². The molecule has 0 aliphatic rings. The quantitative estimate of drug-likeness (QED) is 0.473. The van der Waals surface area contributed by atoms with E-state index in [1.165, 1.54) is 7.11 Å². The molecule has 0 rings (SSSR count). The molecule has 4 nitrogen and oxygen atoms in total. The Hall–Kier alpha value is -0.160. The van der Waals surface area contributed by atoms with Crippen LogP contribution < -0.4 is 0 Å². The maximum absolute atomic E-state index is 9.61. The molecule has 92 valence electrons. The Kier molecular flexibility index (Phi) is 7.96. The smallest absolute Gasteiger partial charge is 0.183 e. The number of methoxy groups -OCH3 is 2. The Morgan fingerprint density at radius 2 is 1.80 bits per heavy atom. The van der Waals surface area contributed by atoms with Gasteiger partial charge < -0.3 is 19.3 Å². The van der Waals surface area contributed by atoms with Crippen molar-refractivity contribution in [1.29, 1.82) is 0 Å². The van der Waals surface area contributed by atoms with E-state index in [9.17, 15) is 5.11 Å². The van der Waals surface area contributed by atoms with Gasteiger partial charge in [-0.3, -0.25) is 0 Å². The lowest BCUT2D eigenvalue weighted by molar-refractivity contribution is -0.216. The van der Waals surface area contributed by atoms with Gasteiger partial charge >= 0.3 is 0 Å². The maximum Gasteiger partial charge on any atom is 0.183 e. The summed E-state index contributed by atoms with van der Waals surface area (Å²) in [6, 6.07) is 0. The highest BCUT2D eigenvalue weighted by atomic mass is 16.6. The topological polar surface area (TPSA) is 47.9 Å². The molecule has 15 heavy (non-hydrogen) atoms. The van der Waals surface area contributed by atoms with Gasteiger partial charge in [-0.25, -0.2) is 0 Å². The Labute approximate surface area is 92.5 Å². The summed E-state index contributed by atoms with van der Waals surface area (Å²) >= 11 is 0. The fourth-order valence-electron chi connectivity index (χ4n) is 1.25. The van der Waals surface area contributed by atoms with E-state index in [0.717, 1.165) is 19.4 Å². The zero-order valence-electron chi connectivity index (χ0n) is 10.3. The van der Waals surface area contributed by atoms with Gasteiger partial charge in [-0.05, 0) is 26.2 Å². The first-order valence-electron chi connectivity index (χ1n) is 5.44. The van der Waals surface area contributed by atoms with E-state index in [2.05, 4.69) is 0 Å². The van der Waals surface area contributed by atoms with E-state index < -0.39 is 11.9 Å². The van der Waals surface area contributed by atoms with Crippen LogP contribution in [-0.2, 0) is 14.2 Å². The third-order valence-corrected chi connectivity index (χ3v) is 2.62. The van der Waals surface area contributed by atoms with Gasteiger partial charge in [-0.15, -0.1) is 0 Å². The molecule has 0 aromatic rings. The lowest BCUT2D eigenvalue weighted by Gasteiger charge is -2.32. The van der Waals surface area contributed by atoms with Crippen molar-refractivity contribution in [2.24, 2.45) is 0 Å². The second-order valence-corrected chi connectivity index (χ2v) is 3.80. The second-order valence-electron chi connectivity index (χ2n) is 3.80. The van der Waals surface area contributed by atoms with E-state index in [1.54, 1.807) is 7.11 Å². The molecule has 2 atom stereocenters. The molecule has 0 spiro atoms. The molecular weight excluding hydrogens is 196 g/mol. The Morgan fingerprint density at radius 1 is 1.20 bits per heavy atom. The van der Waals surface area contributed by atoms with Crippen LogP contribution in [0.5, 0.6) is 0 Å². The van der Waals surface area contributed by atoms with Gasteiger partial charge in [0.1, 0.15) is 5.60 Å². The summed E-state index contributed by atoms with van der Waals surface area (Å²) in [5, 5.41) is 9.61. The molecule has 1 N–H and O–H groups in total. The maximum atomic E-state index is 9.61. The molecular formula is C11H24O4. The van der Waals surface area contributed by atoms with Gasteiger partial charge in [-0.2, -0.15) is 0 Å². The largest absolute Gasteiger partial charge is 0.385 e. The molecule has 0 aliphatic heterocycles. The van der Waals surface area contributed by atoms with Gasteiger partial charge in [0, 0.05) is 27.4 Å².